The minimum absolute atomic E-state index is 0.715. The van der Waals surface area contributed by atoms with Crippen molar-refractivity contribution in [2.75, 3.05) is 13.1 Å². The van der Waals surface area contributed by atoms with E-state index in [-0.39, 0.29) is 0 Å². The Morgan fingerprint density at radius 1 is 0.810 bits per heavy atom. The standard InChI is InChI=1S/C12H27N.C7H5N/c1-3-5-7-9-11-13-12-10-8-6-4-2;8-6-7-4-2-1-3-5-7/h13H,3-12H2,1-2H3;1-5H. The Hall–Kier alpha value is -1.33. The maximum atomic E-state index is 8.29. The van der Waals surface area contributed by atoms with Crippen LogP contribution < -0.4 is 5.32 Å². The molecule has 0 heterocycles. The fourth-order valence-corrected chi connectivity index (χ4v) is 1.99. The van der Waals surface area contributed by atoms with E-state index < -0.39 is 0 Å². The number of nitrogens with zero attached hydrogens (tertiary/aromatic N) is 1. The topological polar surface area (TPSA) is 35.8 Å². The predicted octanol–water partition coefficient (Wildman–Crippen LogP) is 5.29. The molecule has 0 atom stereocenters. The van der Waals surface area contributed by atoms with Crippen molar-refractivity contribution in [2.45, 2.75) is 65.2 Å². The summed E-state index contributed by atoms with van der Waals surface area (Å²) in [5.74, 6) is 0. The Bertz CT molecular complexity index is 330. The molecule has 0 fully saturated rings. The molecule has 0 aliphatic carbocycles. The molecule has 0 saturated carbocycles. The third kappa shape index (κ3) is 14.9. The highest BCUT2D eigenvalue weighted by atomic mass is 14.8. The lowest BCUT2D eigenvalue weighted by Gasteiger charge is -2.03. The Morgan fingerprint density at radius 2 is 1.33 bits per heavy atom. The van der Waals surface area contributed by atoms with Gasteiger partial charge in [-0.05, 0) is 38.1 Å². The van der Waals surface area contributed by atoms with E-state index in [0.29, 0.717) is 5.56 Å². The molecule has 0 bridgehead atoms. The summed E-state index contributed by atoms with van der Waals surface area (Å²) in [6, 6.07) is 11.2. The summed E-state index contributed by atoms with van der Waals surface area (Å²) in [4.78, 5) is 0. The van der Waals surface area contributed by atoms with E-state index in [1.165, 1.54) is 64.5 Å². The van der Waals surface area contributed by atoms with E-state index in [9.17, 15) is 0 Å². The van der Waals surface area contributed by atoms with Gasteiger partial charge < -0.3 is 5.32 Å². The van der Waals surface area contributed by atoms with E-state index in [1.807, 2.05) is 24.3 Å². The molecule has 21 heavy (non-hydrogen) atoms. The Kier molecular flexibility index (Phi) is 15.7. The van der Waals surface area contributed by atoms with Crippen LogP contribution in [0.25, 0.3) is 0 Å². The van der Waals surface area contributed by atoms with Crippen molar-refractivity contribution in [1.29, 1.82) is 5.26 Å². The van der Waals surface area contributed by atoms with Crippen LogP contribution in [0.3, 0.4) is 0 Å². The second kappa shape index (κ2) is 16.7. The zero-order valence-electron chi connectivity index (χ0n) is 13.9. The highest BCUT2D eigenvalue weighted by Gasteiger charge is 1.89. The molecule has 2 nitrogen and oxygen atoms in total. The molecule has 1 aromatic carbocycles. The number of unbranched alkanes of at least 4 members (excludes halogenated alkanes) is 6. The first kappa shape index (κ1) is 19.7. The fourth-order valence-electron chi connectivity index (χ4n) is 1.99. The highest BCUT2D eigenvalue weighted by molar-refractivity contribution is 5.27. The molecule has 0 aromatic heterocycles. The molecule has 0 unspecified atom stereocenters. The van der Waals surface area contributed by atoms with Gasteiger partial charge in [0, 0.05) is 0 Å². The van der Waals surface area contributed by atoms with Gasteiger partial charge in [-0.25, -0.2) is 0 Å². The number of benzene rings is 1. The second-order valence-corrected chi connectivity index (χ2v) is 5.35. The van der Waals surface area contributed by atoms with Gasteiger partial charge in [0.1, 0.15) is 0 Å². The first-order chi connectivity index (χ1) is 10.3. The summed E-state index contributed by atoms with van der Waals surface area (Å²) in [6.45, 7) is 6.98. The largest absolute Gasteiger partial charge is 0.317 e. The molecule has 1 aromatic rings. The molecule has 0 spiro atoms. The molecule has 1 N–H and O–H groups in total. The van der Waals surface area contributed by atoms with Gasteiger partial charge in [0.2, 0.25) is 0 Å². The van der Waals surface area contributed by atoms with Crippen molar-refractivity contribution >= 4 is 0 Å². The highest BCUT2D eigenvalue weighted by Crippen LogP contribution is 1.99. The molecule has 0 saturated heterocycles. The lowest BCUT2D eigenvalue weighted by molar-refractivity contribution is 0.564. The molecule has 0 aliphatic heterocycles. The molecule has 118 valence electrons. The van der Waals surface area contributed by atoms with Crippen LogP contribution in [-0.4, -0.2) is 13.1 Å². The zero-order valence-corrected chi connectivity index (χ0v) is 13.9. The molecule has 0 radical (unpaired) electrons. The monoisotopic (exact) mass is 288 g/mol. The summed E-state index contributed by atoms with van der Waals surface area (Å²) >= 11 is 0. The van der Waals surface area contributed by atoms with Crippen LogP contribution >= 0.6 is 0 Å². The molecule has 0 aliphatic rings. The van der Waals surface area contributed by atoms with Gasteiger partial charge in [-0.2, -0.15) is 5.26 Å². The first-order valence-corrected chi connectivity index (χ1v) is 8.51. The quantitative estimate of drug-likeness (QED) is 0.593. The summed E-state index contributed by atoms with van der Waals surface area (Å²) in [5, 5.41) is 11.8. The van der Waals surface area contributed by atoms with E-state index in [0.717, 1.165) is 0 Å². The minimum atomic E-state index is 0.715. The van der Waals surface area contributed by atoms with Gasteiger partial charge in [-0.15, -0.1) is 0 Å². The van der Waals surface area contributed by atoms with Gasteiger partial charge in [0.25, 0.3) is 0 Å². The Balaban J connectivity index is 0.000000423. The van der Waals surface area contributed by atoms with Crippen molar-refractivity contribution in [1.82, 2.24) is 5.32 Å². The average molecular weight is 288 g/mol. The average Bonchev–Trinajstić information content (AvgIpc) is 2.55. The zero-order chi connectivity index (χ0) is 15.6. The van der Waals surface area contributed by atoms with Gasteiger partial charge in [0.05, 0.1) is 11.6 Å². The van der Waals surface area contributed by atoms with E-state index in [4.69, 9.17) is 5.26 Å². The first-order valence-electron chi connectivity index (χ1n) is 8.51. The SMILES string of the molecule is CCCCCCNCCCCCC.N#Cc1ccccc1. The normalized spacial score (nSPS) is 9.57. The molecule has 0 amide bonds. The van der Waals surface area contributed by atoms with Gasteiger partial charge in [-0.3, -0.25) is 0 Å². The van der Waals surface area contributed by atoms with Crippen molar-refractivity contribution in [3.8, 4) is 6.07 Å². The molecule has 1 rings (SSSR count). The van der Waals surface area contributed by atoms with Crippen molar-refractivity contribution in [2.24, 2.45) is 0 Å². The second-order valence-electron chi connectivity index (χ2n) is 5.35. The predicted molar refractivity (Wildman–Crippen MR) is 92.3 cm³/mol. The summed E-state index contributed by atoms with van der Waals surface area (Å²) in [7, 11) is 0. The van der Waals surface area contributed by atoms with Crippen molar-refractivity contribution in [3.63, 3.8) is 0 Å². The van der Waals surface area contributed by atoms with E-state index in [2.05, 4.69) is 19.2 Å². The van der Waals surface area contributed by atoms with Gasteiger partial charge in [0.15, 0.2) is 0 Å². The lowest BCUT2D eigenvalue weighted by atomic mass is 10.2. The van der Waals surface area contributed by atoms with E-state index in [1.54, 1.807) is 12.1 Å². The molecule has 2 heteroatoms. The third-order valence-electron chi connectivity index (χ3n) is 3.32. The number of nitrogens with one attached hydrogen (secondary N) is 1. The van der Waals surface area contributed by atoms with Gasteiger partial charge >= 0.3 is 0 Å². The van der Waals surface area contributed by atoms with Crippen LogP contribution in [0.2, 0.25) is 0 Å². The number of hydrogen-bond acceptors (Lipinski definition) is 2. The van der Waals surface area contributed by atoms with Crippen LogP contribution in [0.1, 0.15) is 70.8 Å². The van der Waals surface area contributed by atoms with Crippen LogP contribution in [-0.2, 0) is 0 Å². The third-order valence-corrected chi connectivity index (χ3v) is 3.32. The maximum Gasteiger partial charge on any atom is 0.0991 e. The fraction of sp³-hybridized carbons (Fsp3) is 0.632. The van der Waals surface area contributed by atoms with Crippen LogP contribution in [0, 0.1) is 11.3 Å². The van der Waals surface area contributed by atoms with E-state index >= 15 is 0 Å². The summed E-state index contributed by atoms with van der Waals surface area (Å²) < 4.78 is 0. The lowest BCUT2D eigenvalue weighted by Crippen LogP contribution is -2.16. The molecular weight excluding hydrogens is 256 g/mol. The van der Waals surface area contributed by atoms with Crippen molar-refractivity contribution in [3.05, 3.63) is 35.9 Å². The van der Waals surface area contributed by atoms with Crippen LogP contribution in [0.4, 0.5) is 0 Å². The Morgan fingerprint density at radius 3 is 1.71 bits per heavy atom. The van der Waals surface area contributed by atoms with Gasteiger partial charge in [-0.1, -0.05) is 70.6 Å². The number of nitriles is 1. The van der Waals surface area contributed by atoms with Crippen LogP contribution in [0.5, 0.6) is 0 Å². The molecular formula is C19H32N2. The smallest absolute Gasteiger partial charge is 0.0991 e. The number of rotatable bonds is 10. The minimum Gasteiger partial charge on any atom is -0.317 e. The van der Waals surface area contributed by atoms with Crippen LogP contribution in [0.15, 0.2) is 30.3 Å². The summed E-state index contributed by atoms with van der Waals surface area (Å²) in [5.41, 5.74) is 0.715. The van der Waals surface area contributed by atoms with Crippen molar-refractivity contribution < 1.29 is 0 Å². The Labute approximate surface area is 131 Å². The maximum absolute atomic E-state index is 8.29. The number of hydrogen-bond donors (Lipinski definition) is 1. The summed E-state index contributed by atoms with van der Waals surface area (Å²) in [6.07, 6.45) is 11.0.